The van der Waals surface area contributed by atoms with Gasteiger partial charge in [-0.1, -0.05) is 0 Å². The first-order valence-electron chi connectivity index (χ1n) is 0. The Labute approximate surface area is 528 Å². The Balaban J connectivity index is 0. The van der Waals surface area contributed by atoms with Gasteiger partial charge in [0, 0.05) is 253 Å². The van der Waals surface area contributed by atoms with E-state index >= 15 is 0 Å². The maximum Gasteiger partial charge on any atom is 4.00 e. The van der Waals surface area contributed by atoms with E-state index in [4.69, 9.17) is 0 Å². The van der Waals surface area contributed by atoms with E-state index < -0.39 is 0 Å². The zero-order chi connectivity index (χ0) is 0. The van der Waals surface area contributed by atoms with Crippen LogP contribution in [-0.2, 0) is 472 Å². The van der Waals surface area contributed by atoms with Gasteiger partial charge in [0.05, 0.1) is 0 Å². The van der Waals surface area contributed by atoms with Crippen LogP contribution in [0.25, 0.3) is 0 Å². The smallest absolute Gasteiger partial charge is 2.00 e. The summed E-state index contributed by atoms with van der Waals surface area (Å²) in [5.41, 5.74) is 0. The van der Waals surface area contributed by atoms with E-state index in [9.17, 15) is 0 Å². The molecule has 0 aliphatic heterocycles. The second-order valence-corrected chi connectivity index (χ2v) is 0. The van der Waals surface area contributed by atoms with Crippen LogP contribution < -0.4 is 0 Å². The third kappa shape index (κ3) is 2940. The Bertz CT molecular complexity index is 79.6. The van der Waals surface area contributed by atoms with E-state index in [1.54, 1.807) is 0 Å². The average Bonchev–Trinajstić information content (AvgIpc) is 0. The van der Waals surface area contributed by atoms with Crippen molar-refractivity contribution in [1.29, 1.82) is 0 Å². The first-order chi connectivity index (χ1) is 0. The minimum absolute atomic E-state index is 0. The summed E-state index contributed by atoms with van der Waals surface area (Å²) < 4.78 is 0. The Kier molecular flexibility index (Phi) is 186000. The van der Waals surface area contributed by atoms with Gasteiger partial charge in [0.1, 0.15) is 0 Å². The number of rotatable bonds is 0. The summed E-state index contributed by atoms with van der Waals surface area (Å²) in [7, 11) is 0. The van der Waals surface area contributed by atoms with Crippen molar-refractivity contribution in [2.75, 3.05) is 0 Å². The molecule has 0 rings (SSSR count). The first-order valence-corrected chi connectivity index (χ1v) is 0. The number of hydrogen-bond donors (Lipinski definition) is 0. The van der Waals surface area contributed by atoms with Gasteiger partial charge >= 0.3 is 65.1 Å². The third-order valence-electron chi connectivity index (χ3n) is 0. The normalized spacial score (nSPS) is 0. The third-order valence-corrected chi connectivity index (χ3v) is 0. The molecule has 395 valence electrons. The van der Waals surface area contributed by atoms with Gasteiger partial charge in [-0.25, -0.2) is 0 Å². The predicted octanol–water partition coefficient (Wildman–Crippen LogP) is -4.60. The van der Waals surface area contributed by atoms with Gasteiger partial charge in [0.15, 0.2) is 0 Å². The zero-order valence-corrected chi connectivity index (χ0v) is 62.1. The van der Waals surface area contributed by atoms with Crippen molar-refractivity contribution in [1.82, 2.24) is 0 Å². The molecule has 0 saturated carbocycles. The van der Waals surface area contributed by atoms with Gasteiger partial charge in [0.2, 0.25) is 0 Å². The van der Waals surface area contributed by atoms with Crippen molar-refractivity contribution in [3.63, 3.8) is 0 Å². The van der Waals surface area contributed by atoms with E-state index in [-0.39, 0.29) is 537 Å². The van der Waals surface area contributed by atoms with Gasteiger partial charge in [-0.15, -0.1) is 0 Å². The van der Waals surface area contributed by atoms with E-state index in [2.05, 4.69) is 0 Å². The van der Waals surface area contributed by atoms with Crippen LogP contribution in [0.4, 0.5) is 0 Å². The fourth-order valence-corrected chi connectivity index (χ4v) is 0. The molecule has 0 unspecified atom stereocenters. The molecule has 0 heterocycles. The molecule has 54 heavy (non-hydrogen) atoms. The van der Waals surface area contributed by atoms with Crippen LogP contribution in [0.1, 0.15) is 7.13 Å². The standard InChI is InChI=1S/Ge.40O.Sm.12W/q+4;40*-2;+3;;;;;;;;;;;;/p+5. The van der Waals surface area contributed by atoms with Gasteiger partial charge in [0.25, 0.3) is 0 Å². The molecule has 40 nitrogen and oxygen atoms in total. The Morgan fingerprint density at radius 3 is 0.0926 bits per heavy atom. The van der Waals surface area contributed by atoms with Gasteiger partial charge in [-0.05, 0) is 0 Å². The van der Waals surface area contributed by atoms with Crippen molar-refractivity contribution < 1.29 is 519 Å². The maximum absolute atomic E-state index is 0. The quantitative estimate of drug-likeness (QED) is 0.207. The molecule has 0 aromatic carbocycles. The molecule has 0 fully saturated rings. The Hall–Kier alpha value is 8.54. The Morgan fingerprint density at radius 2 is 0.0926 bits per heavy atom. The van der Waals surface area contributed by atoms with E-state index in [1.807, 2.05) is 0 Å². The molecule has 0 amide bonds. The molecule has 0 atom stereocenters. The molecule has 0 aliphatic rings. The molecule has 0 bridgehead atoms. The fourth-order valence-electron chi connectivity index (χ4n) is 0. The molecule has 0 saturated heterocycles. The van der Waals surface area contributed by atoms with E-state index in [0.29, 0.717) is 0 Å². The summed E-state index contributed by atoms with van der Waals surface area (Å²) in [4.78, 5) is 0. The van der Waals surface area contributed by atoms with Crippen molar-refractivity contribution in [3.05, 3.63) is 0 Å². The van der Waals surface area contributed by atoms with Crippen molar-refractivity contribution in [2.45, 2.75) is 0 Å². The molecule has 0 aromatic rings. The Morgan fingerprint density at radius 1 is 0.0926 bits per heavy atom. The summed E-state index contributed by atoms with van der Waals surface area (Å²) >= 11 is 0. The van der Waals surface area contributed by atoms with Crippen LogP contribution in [0.15, 0.2) is 0 Å². The molecule has 54 heteroatoms. The maximum atomic E-state index is 0. The molecule has 1 radical (unpaired) electrons. The molecule has 0 aliphatic carbocycles. The van der Waals surface area contributed by atoms with Crippen LogP contribution in [0, 0.1) is 40.4 Å². The van der Waals surface area contributed by atoms with E-state index in [1.165, 1.54) is 0 Å². The van der Waals surface area contributed by atoms with Crippen molar-refractivity contribution in [2.24, 2.45) is 0 Å². The minimum atomic E-state index is 0. The van der Waals surface area contributed by atoms with Crippen molar-refractivity contribution >= 4 is 17.6 Å². The first kappa shape index (κ1) is 3250. The summed E-state index contributed by atoms with van der Waals surface area (Å²) in [6.07, 6.45) is 0. The summed E-state index contributed by atoms with van der Waals surface area (Å²) in [5, 5.41) is 0. The zero-order valence-electron chi connectivity index (χ0n) is 27.1. The average molecular weight is 3070 g/mol. The summed E-state index contributed by atoms with van der Waals surface area (Å²) in [5.74, 6) is 0. The van der Waals surface area contributed by atoms with Crippen molar-refractivity contribution in [3.8, 4) is 0 Å². The number of hydrogen-bond acceptors (Lipinski definition) is 0. The monoisotopic (exact) mass is 3080 g/mol. The summed E-state index contributed by atoms with van der Waals surface area (Å²) in [6, 6.07) is 0. The fraction of sp³-hybridized carbons (Fsp3) is 0. The van der Waals surface area contributed by atoms with Crippen LogP contribution in [0.5, 0.6) is 0 Å². The van der Waals surface area contributed by atoms with Crippen LogP contribution in [0.2, 0.25) is 0 Å². The second kappa shape index (κ2) is 3090. The largest absolute Gasteiger partial charge is 4.00 e. The molecular formula is H5GeO40SmW12-68. The minimum Gasteiger partial charge on any atom is -2.00 e. The van der Waals surface area contributed by atoms with Gasteiger partial charge in [-0.2, -0.15) is 0 Å². The topological polar surface area (TPSA) is 1140 Å². The predicted molar refractivity (Wildman–Crippen MR) is 38.8 cm³/mol. The second-order valence-electron chi connectivity index (χ2n) is 0. The molecule has 0 N–H and O–H groups in total. The van der Waals surface area contributed by atoms with Gasteiger partial charge in [-0.3, -0.25) is 0 Å². The van der Waals surface area contributed by atoms with Crippen LogP contribution in [0.3, 0.4) is 0 Å². The molecular weight excluding hydrogens is 3070 g/mol. The molecule has 0 aromatic heterocycles. The SMILES string of the molecule is [Ge+4].[H+].[H+].[H+].[H+].[H+].[O-2].[O-2].[O-2].[O-2].[O-2].[O-2].[O-2].[O-2].[O-2].[O-2].[O-2].[O-2].[O-2].[O-2].[O-2].[O-2].[O-2].[O-2].[O-2].[O-2].[O-2].[O-2].[O-2].[O-2].[O-2].[O-2].[O-2].[O-2].[O-2].[O-2].[O-2].[O-2].[O-2].[O-2].[O-2].[O-2].[O-2].[O-2].[O-2].[O-2].[Sm+3].[W].[W].[W].[W].[W].[W].[W].[W].[W].[W].[W].[W]. The van der Waals surface area contributed by atoms with Crippen LogP contribution >= 0.6 is 0 Å². The summed E-state index contributed by atoms with van der Waals surface area (Å²) in [6.45, 7) is 0. The van der Waals surface area contributed by atoms with Gasteiger partial charge < -0.3 is 219 Å². The van der Waals surface area contributed by atoms with E-state index in [0.717, 1.165) is 0 Å². The van der Waals surface area contributed by atoms with Crippen LogP contribution in [-0.4, -0.2) is 17.6 Å². The molecule has 0 spiro atoms.